The number of pyridine rings is 1. The molecule has 0 saturated carbocycles. The lowest BCUT2D eigenvalue weighted by molar-refractivity contribution is 0.471. The molecule has 0 amide bonds. The second-order valence-electron chi connectivity index (χ2n) is 5.08. The first-order valence-corrected chi connectivity index (χ1v) is 6.87. The Morgan fingerprint density at radius 2 is 1.90 bits per heavy atom. The molecule has 1 atom stereocenters. The molecule has 1 heterocycles. The first-order valence-electron chi connectivity index (χ1n) is 6.87. The molecule has 0 radical (unpaired) electrons. The van der Waals surface area contributed by atoms with Gasteiger partial charge in [-0.15, -0.1) is 0 Å². The molecule has 0 aliphatic rings. The Morgan fingerprint density at radius 3 is 2.38 bits per heavy atom. The summed E-state index contributed by atoms with van der Waals surface area (Å²) in [5.74, 6) is 1.48. The van der Waals surface area contributed by atoms with Crippen LogP contribution in [0.1, 0.15) is 35.3 Å². The van der Waals surface area contributed by atoms with E-state index in [2.05, 4.69) is 23.3 Å². The maximum absolute atomic E-state index is 8.97. The van der Waals surface area contributed by atoms with Gasteiger partial charge in [-0.2, -0.15) is 5.26 Å². The largest absolute Gasteiger partial charge is 0.455 e. The SMILES string of the molecule is CNC(C)c1ccc(Oc2c(C)cc(C#N)cc2C)cn1. The number of aromatic nitrogens is 1. The molecule has 0 saturated heterocycles. The number of hydrogen-bond acceptors (Lipinski definition) is 4. The summed E-state index contributed by atoms with van der Waals surface area (Å²) in [7, 11) is 1.90. The van der Waals surface area contributed by atoms with Crippen molar-refractivity contribution in [3.8, 4) is 17.6 Å². The molecule has 1 aromatic heterocycles. The molecule has 2 rings (SSSR count). The van der Waals surface area contributed by atoms with E-state index < -0.39 is 0 Å². The first-order chi connectivity index (χ1) is 10.0. The standard InChI is InChI=1S/C17H19N3O/c1-11-7-14(9-18)8-12(2)17(11)21-15-5-6-16(20-10-15)13(3)19-4/h5-8,10,13,19H,1-4H3. The normalized spacial score (nSPS) is 11.8. The molecule has 4 nitrogen and oxygen atoms in total. The number of ether oxygens (including phenoxy) is 1. The summed E-state index contributed by atoms with van der Waals surface area (Å²) >= 11 is 0. The predicted molar refractivity (Wildman–Crippen MR) is 82.4 cm³/mol. The summed E-state index contributed by atoms with van der Waals surface area (Å²) in [6, 6.07) is 9.87. The van der Waals surface area contributed by atoms with Gasteiger partial charge in [-0.3, -0.25) is 4.98 Å². The highest BCUT2D eigenvalue weighted by Gasteiger charge is 2.09. The minimum Gasteiger partial charge on any atom is -0.455 e. The van der Waals surface area contributed by atoms with Crippen LogP contribution in [0.15, 0.2) is 30.5 Å². The zero-order chi connectivity index (χ0) is 15.4. The molecule has 108 valence electrons. The number of rotatable bonds is 4. The van der Waals surface area contributed by atoms with Crippen LogP contribution in [0.25, 0.3) is 0 Å². The highest BCUT2D eigenvalue weighted by molar-refractivity contribution is 5.48. The average molecular weight is 281 g/mol. The Kier molecular flexibility index (Phi) is 4.56. The number of nitrogens with one attached hydrogen (secondary N) is 1. The van der Waals surface area contributed by atoms with E-state index in [0.29, 0.717) is 11.3 Å². The van der Waals surface area contributed by atoms with Crippen LogP contribution in [0.3, 0.4) is 0 Å². The molecule has 1 unspecified atom stereocenters. The molecule has 0 bridgehead atoms. The van der Waals surface area contributed by atoms with E-state index in [-0.39, 0.29) is 6.04 Å². The van der Waals surface area contributed by atoms with Gasteiger partial charge < -0.3 is 10.1 Å². The quantitative estimate of drug-likeness (QED) is 0.929. The fourth-order valence-electron chi connectivity index (χ4n) is 2.15. The highest BCUT2D eigenvalue weighted by Crippen LogP contribution is 2.29. The summed E-state index contributed by atoms with van der Waals surface area (Å²) in [6.45, 7) is 5.93. The number of benzene rings is 1. The van der Waals surface area contributed by atoms with Crippen LogP contribution in [-0.4, -0.2) is 12.0 Å². The van der Waals surface area contributed by atoms with E-state index in [1.807, 2.05) is 45.2 Å². The van der Waals surface area contributed by atoms with Crippen LogP contribution >= 0.6 is 0 Å². The van der Waals surface area contributed by atoms with Gasteiger partial charge in [-0.1, -0.05) is 0 Å². The number of nitrogens with zero attached hydrogens (tertiary/aromatic N) is 2. The van der Waals surface area contributed by atoms with Crippen LogP contribution in [0.5, 0.6) is 11.5 Å². The summed E-state index contributed by atoms with van der Waals surface area (Å²) in [5, 5.41) is 12.1. The lowest BCUT2D eigenvalue weighted by atomic mass is 10.1. The van der Waals surface area contributed by atoms with Crippen molar-refractivity contribution < 1.29 is 4.74 Å². The fraction of sp³-hybridized carbons (Fsp3) is 0.294. The second kappa shape index (κ2) is 6.38. The predicted octanol–water partition coefficient (Wildman–Crippen LogP) is 3.64. The summed E-state index contributed by atoms with van der Waals surface area (Å²) in [6.07, 6.45) is 1.72. The second-order valence-corrected chi connectivity index (χ2v) is 5.08. The maximum atomic E-state index is 8.97. The van der Waals surface area contributed by atoms with Gasteiger partial charge in [0.1, 0.15) is 11.5 Å². The van der Waals surface area contributed by atoms with E-state index in [0.717, 1.165) is 22.6 Å². The van der Waals surface area contributed by atoms with Gasteiger partial charge >= 0.3 is 0 Å². The summed E-state index contributed by atoms with van der Waals surface area (Å²) in [5.41, 5.74) is 3.50. The zero-order valence-corrected chi connectivity index (χ0v) is 12.8. The lowest BCUT2D eigenvalue weighted by Gasteiger charge is -2.13. The molecule has 4 heteroatoms. The van der Waals surface area contributed by atoms with Gasteiger partial charge in [0.25, 0.3) is 0 Å². The van der Waals surface area contributed by atoms with Gasteiger partial charge in [0.15, 0.2) is 0 Å². The van der Waals surface area contributed by atoms with Crippen LogP contribution in [0, 0.1) is 25.2 Å². The average Bonchev–Trinajstić information content (AvgIpc) is 2.50. The van der Waals surface area contributed by atoms with Crippen molar-refractivity contribution in [2.24, 2.45) is 0 Å². The molecular weight excluding hydrogens is 262 g/mol. The van der Waals surface area contributed by atoms with Crippen LogP contribution in [0.4, 0.5) is 0 Å². The molecule has 0 aliphatic heterocycles. The van der Waals surface area contributed by atoms with Gasteiger partial charge in [-0.25, -0.2) is 0 Å². The number of hydrogen-bond donors (Lipinski definition) is 1. The molecule has 0 spiro atoms. The molecule has 2 aromatic rings. The van der Waals surface area contributed by atoms with Crippen LogP contribution in [0.2, 0.25) is 0 Å². The van der Waals surface area contributed by atoms with Crippen LogP contribution < -0.4 is 10.1 Å². The molecule has 0 fully saturated rings. The van der Waals surface area contributed by atoms with Gasteiger partial charge in [0, 0.05) is 6.04 Å². The van der Waals surface area contributed by atoms with Crippen molar-refractivity contribution in [3.05, 3.63) is 52.8 Å². The molecule has 0 aliphatic carbocycles. The first kappa shape index (κ1) is 15.0. The summed E-state index contributed by atoms with van der Waals surface area (Å²) < 4.78 is 5.92. The monoisotopic (exact) mass is 281 g/mol. The van der Waals surface area contributed by atoms with E-state index in [9.17, 15) is 0 Å². The van der Waals surface area contributed by atoms with Gasteiger partial charge in [-0.05, 0) is 63.2 Å². The van der Waals surface area contributed by atoms with E-state index in [1.165, 1.54) is 0 Å². The number of nitriles is 1. The topological polar surface area (TPSA) is 57.9 Å². The Bertz CT molecular complexity index is 648. The van der Waals surface area contributed by atoms with Crippen molar-refractivity contribution in [2.75, 3.05) is 7.05 Å². The molecular formula is C17H19N3O. The number of aryl methyl sites for hydroxylation is 2. The van der Waals surface area contributed by atoms with E-state index >= 15 is 0 Å². The van der Waals surface area contributed by atoms with Crippen molar-refractivity contribution >= 4 is 0 Å². The summed E-state index contributed by atoms with van der Waals surface area (Å²) in [4.78, 5) is 4.40. The zero-order valence-electron chi connectivity index (χ0n) is 12.8. The third-order valence-electron chi connectivity index (χ3n) is 3.45. The fourth-order valence-corrected chi connectivity index (χ4v) is 2.15. The van der Waals surface area contributed by atoms with Crippen molar-refractivity contribution in [1.82, 2.24) is 10.3 Å². The minimum atomic E-state index is 0.206. The van der Waals surface area contributed by atoms with Crippen LogP contribution in [-0.2, 0) is 0 Å². The van der Waals surface area contributed by atoms with Gasteiger partial charge in [0.05, 0.1) is 23.5 Å². The Morgan fingerprint density at radius 1 is 1.24 bits per heavy atom. The van der Waals surface area contributed by atoms with Crippen molar-refractivity contribution in [2.45, 2.75) is 26.8 Å². The van der Waals surface area contributed by atoms with E-state index in [4.69, 9.17) is 10.00 Å². The Balaban J connectivity index is 2.25. The Hall–Kier alpha value is -2.38. The lowest BCUT2D eigenvalue weighted by Crippen LogP contribution is -2.13. The smallest absolute Gasteiger partial charge is 0.145 e. The highest BCUT2D eigenvalue weighted by atomic mass is 16.5. The minimum absolute atomic E-state index is 0.206. The van der Waals surface area contributed by atoms with Crippen molar-refractivity contribution in [3.63, 3.8) is 0 Å². The van der Waals surface area contributed by atoms with Crippen molar-refractivity contribution in [1.29, 1.82) is 5.26 Å². The third kappa shape index (κ3) is 3.39. The Labute approximate surface area is 125 Å². The maximum Gasteiger partial charge on any atom is 0.145 e. The molecule has 1 N–H and O–H groups in total. The van der Waals surface area contributed by atoms with Gasteiger partial charge in [0.2, 0.25) is 0 Å². The molecule has 1 aromatic carbocycles. The van der Waals surface area contributed by atoms with E-state index in [1.54, 1.807) is 6.20 Å². The third-order valence-corrected chi connectivity index (χ3v) is 3.45. The molecule has 21 heavy (non-hydrogen) atoms.